The van der Waals surface area contributed by atoms with Gasteiger partial charge in [-0.15, -0.1) is 0 Å². The van der Waals surface area contributed by atoms with Gasteiger partial charge >= 0.3 is 0 Å². The van der Waals surface area contributed by atoms with Gasteiger partial charge in [-0.3, -0.25) is 9.69 Å². The van der Waals surface area contributed by atoms with Crippen LogP contribution in [0.25, 0.3) is 10.2 Å². The second-order valence-corrected chi connectivity index (χ2v) is 8.48. The van der Waals surface area contributed by atoms with Crippen LogP contribution in [0, 0.1) is 0 Å². The number of rotatable bonds is 7. The molecule has 1 fully saturated rings. The first kappa shape index (κ1) is 20.0. The number of nitrogens with one attached hydrogen (secondary N) is 1. The highest BCUT2D eigenvalue weighted by molar-refractivity contribution is 7.22. The molecule has 1 aliphatic rings. The number of carbonyl (C=O) groups excluding carboxylic acids is 1. The van der Waals surface area contributed by atoms with Crippen LogP contribution in [0.2, 0.25) is 0 Å². The fourth-order valence-electron chi connectivity index (χ4n) is 3.67. The van der Waals surface area contributed by atoms with Crippen LogP contribution in [0.1, 0.15) is 18.1 Å². The Morgan fingerprint density at radius 1 is 1.14 bits per heavy atom. The smallest absolute Gasteiger partial charge is 0.233 e. The van der Waals surface area contributed by atoms with Gasteiger partial charge in [0, 0.05) is 0 Å². The Balaban J connectivity index is 1.57. The summed E-state index contributed by atoms with van der Waals surface area (Å²) in [5.41, 5.74) is 3.31. The SMILES string of the molecule is CCc1ccc2nc(N(CC[NH+]3CCOCC3)C(=O)Cc3ccccc3)sc2c1. The summed E-state index contributed by atoms with van der Waals surface area (Å²) < 4.78 is 6.62. The van der Waals surface area contributed by atoms with Crippen molar-refractivity contribution in [3.8, 4) is 0 Å². The summed E-state index contributed by atoms with van der Waals surface area (Å²) >= 11 is 1.62. The molecular formula is C23H28N3O2S+. The normalized spacial score (nSPS) is 14.9. The van der Waals surface area contributed by atoms with Crippen LogP contribution in [-0.2, 0) is 22.4 Å². The van der Waals surface area contributed by atoms with Gasteiger partial charge in [0.05, 0.1) is 42.9 Å². The van der Waals surface area contributed by atoms with Crippen LogP contribution in [0.4, 0.5) is 5.13 Å². The van der Waals surface area contributed by atoms with E-state index >= 15 is 0 Å². The number of aromatic nitrogens is 1. The van der Waals surface area contributed by atoms with Gasteiger partial charge < -0.3 is 9.64 Å². The molecule has 1 aromatic heterocycles. The Labute approximate surface area is 175 Å². The Morgan fingerprint density at radius 2 is 1.93 bits per heavy atom. The first-order valence-corrected chi connectivity index (χ1v) is 11.2. The molecule has 3 aromatic rings. The minimum Gasteiger partial charge on any atom is -0.370 e. The number of amides is 1. The van der Waals surface area contributed by atoms with E-state index in [9.17, 15) is 4.79 Å². The number of aryl methyl sites for hydroxylation is 1. The summed E-state index contributed by atoms with van der Waals surface area (Å²) in [6.45, 7) is 7.36. The van der Waals surface area contributed by atoms with Crippen LogP contribution in [0.15, 0.2) is 48.5 Å². The van der Waals surface area contributed by atoms with Gasteiger partial charge in [0.25, 0.3) is 0 Å². The third-order valence-corrected chi connectivity index (χ3v) is 6.51. The highest BCUT2D eigenvalue weighted by Gasteiger charge is 2.23. The average Bonchev–Trinajstić information content (AvgIpc) is 3.18. The molecular weight excluding hydrogens is 382 g/mol. The maximum absolute atomic E-state index is 13.2. The largest absolute Gasteiger partial charge is 0.370 e. The molecule has 0 spiro atoms. The van der Waals surface area contributed by atoms with Crippen LogP contribution in [-0.4, -0.2) is 50.3 Å². The summed E-state index contributed by atoms with van der Waals surface area (Å²) in [5.74, 6) is 0.110. The van der Waals surface area contributed by atoms with E-state index in [-0.39, 0.29) is 5.91 Å². The lowest BCUT2D eigenvalue weighted by Crippen LogP contribution is -3.14. The van der Waals surface area contributed by atoms with Gasteiger partial charge in [-0.2, -0.15) is 0 Å². The lowest BCUT2D eigenvalue weighted by atomic mass is 10.1. The van der Waals surface area contributed by atoms with Gasteiger partial charge in [0.2, 0.25) is 5.91 Å². The molecule has 152 valence electrons. The summed E-state index contributed by atoms with van der Waals surface area (Å²) in [6, 6.07) is 16.4. The number of hydrogen-bond donors (Lipinski definition) is 1. The molecule has 2 aromatic carbocycles. The lowest BCUT2D eigenvalue weighted by Gasteiger charge is -2.27. The Kier molecular flexibility index (Phi) is 6.54. The van der Waals surface area contributed by atoms with E-state index in [1.165, 1.54) is 10.5 Å². The highest BCUT2D eigenvalue weighted by atomic mass is 32.1. The van der Waals surface area contributed by atoms with Gasteiger partial charge in [-0.25, -0.2) is 4.98 Å². The molecule has 1 saturated heterocycles. The molecule has 0 saturated carbocycles. The number of fused-ring (bicyclic) bond motifs is 1. The van der Waals surface area contributed by atoms with Crippen molar-refractivity contribution in [2.24, 2.45) is 0 Å². The maximum Gasteiger partial charge on any atom is 0.233 e. The van der Waals surface area contributed by atoms with Gasteiger partial charge in [0.15, 0.2) is 5.13 Å². The molecule has 0 radical (unpaired) electrons. The topological polar surface area (TPSA) is 46.9 Å². The molecule has 5 nitrogen and oxygen atoms in total. The third kappa shape index (κ3) is 5.01. The van der Waals surface area contributed by atoms with Crippen molar-refractivity contribution in [3.05, 3.63) is 59.7 Å². The second-order valence-electron chi connectivity index (χ2n) is 7.47. The Hall–Kier alpha value is -2.28. The number of quaternary nitrogens is 1. The Bertz CT molecular complexity index is 951. The number of carbonyl (C=O) groups is 1. The first-order chi connectivity index (χ1) is 14.2. The van der Waals surface area contributed by atoms with Crippen molar-refractivity contribution in [1.82, 2.24) is 4.98 Å². The maximum atomic E-state index is 13.2. The number of ether oxygens (including phenoxy) is 1. The van der Waals surface area contributed by atoms with E-state index in [0.29, 0.717) is 13.0 Å². The van der Waals surface area contributed by atoms with E-state index in [0.717, 1.165) is 60.2 Å². The van der Waals surface area contributed by atoms with Crippen LogP contribution >= 0.6 is 11.3 Å². The predicted molar refractivity (Wildman–Crippen MR) is 118 cm³/mol. The highest BCUT2D eigenvalue weighted by Crippen LogP contribution is 2.30. The summed E-state index contributed by atoms with van der Waals surface area (Å²) in [7, 11) is 0. The van der Waals surface area contributed by atoms with E-state index in [1.54, 1.807) is 11.3 Å². The third-order valence-electron chi connectivity index (χ3n) is 5.47. The monoisotopic (exact) mass is 410 g/mol. The van der Waals surface area contributed by atoms with E-state index in [2.05, 4.69) is 25.1 Å². The zero-order chi connectivity index (χ0) is 20.1. The van der Waals surface area contributed by atoms with Crippen LogP contribution < -0.4 is 9.80 Å². The Morgan fingerprint density at radius 3 is 2.69 bits per heavy atom. The van der Waals surface area contributed by atoms with Crippen LogP contribution in [0.3, 0.4) is 0 Å². The van der Waals surface area contributed by atoms with Crippen molar-refractivity contribution < 1.29 is 14.4 Å². The zero-order valence-electron chi connectivity index (χ0n) is 16.9. The predicted octanol–water partition coefficient (Wildman–Crippen LogP) is 2.35. The minimum absolute atomic E-state index is 0.110. The van der Waals surface area contributed by atoms with Crippen molar-refractivity contribution in [2.75, 3.05) is 44.3 Å². The van der Waals surface area contributed by atoms with E-state index in [1.807, 2.05) is 35.2 Å². The molecule has 0 aliphatic carbocycles. The number of nitrogens with zero attached hydrogens (tertiary/aromatic N) is 2. The molecule has 1 aliphatic heterocycles. The molecule has 29 heavy (non-hydrogen) atoms. The second kappa shape index (κ2) is 9.48. The molecule has 4 rings (SSSR count). The first-order valence-electron chi connectivity index (χ1n) is 10.4. The quantitative estimate of drug-likeness (QED) is 0.650. The molecule has 1 N–H and O–H groups in total. The summed E-state index contributed by atoms with van der Waals surface area (Å²) in [6.07, 6.45) is 1.40. The minimum atomic E-state index is 0.110. The number of morpholine rings is 1. The van der Waals surface area contributed by atoms with E-state index < -0.39 is 0 Å². The zero-order valence-corrected chi connectivity index (χ0v) is 17.7. The summed E-state index contributed by atoms with van der Waals surface area (Å²) in [5, 5.41) is 0.807. The van der Waals surface area contributed by atoms with Crippen molar-refractivity contribution in [2.45, 2.75) is 19.8 Å². The number of anilines is 1. The molecule has 1 amide bonds. The van der Waals surface area contributed by atoms with Gasteiger partial charge in [0.1, 0.15) is 13.1 Å². The van der Waals surface area contributed by atoms with Crippen molar-refractivity contribution in [1.29, 1.82) is 0 Å². The molecule has 0 bridgehead atoms. The molecule has 0 unspecified atom stereocenters. The van der Waals surface area contributed by atoms with Crippen molar-refractivity contribution in [3.63, 3.8) is 0 Å². The van der Waals surface area contributed by atoms with E-state index in [4.69, 9.17) is 9.72 Å². The van der Waals surface area contributed by atoms with Gasteiger partial charge in [-0.05, 0) is 29.7 Å². The fourth-order valence-corrected chi connectivity index (χ4v) is 4.74. The van der Waals surface area contributed by atoms with Crippen LogP contribution in [0.5, 0.6) is 0 Å². The summed E-state index contributed by atoms with van der Waals surface area (Å²) in [4.78, 5) is 21.4. The number of benzene rings is 2. The number of thiazole rings is 1. The molecule has 0 atom stereocenters. The fraction of sp³-hybridized carbons (Fsp3) is 0.391. The van der Waals surface area contributed by atoms with Crippen molar-refractivity contribution >= 4 is 32.6 Å². The standard InChI is InChI=1S/C23H27N3O2S/c1-2-18-8-9-20-21(16-18)29-23(24-20)26(11-10-25-12-14-28-15-13-25)22(27)17-19-6-4-3-5-7-19/h3-9,16H,2,10-15,17H2,1H3/p+1. The van der Waals surface area contributed by atoms with Gasteiger partial charge in [-0.1, -0.05) is 54.7 Å². The lowest BCUT2D eigenvalue weighted by molar-refractivity contribution is -0.906. The number of hydrogen-bond acceptors (Lipinski definition) is 4. The molecule has 2 heterocycles. The molecule has 6 heteroatoms. The average molecular weight is 411 g/mol.